The maximum Gasteiger partial charge on any atom is 0.250 e. The summed E-state index contributed by atoms with van der Waals surface area (Å²) in [5.74, 6) is 2.64. The number of amides is 1. The summed E-state index contributed by atoms with van der Waals surface area (Å²) in [5, 5.41) is 0. The molecule has 0 aromatic heterocycles. The number of allylic oxidation sites excluding steroid dienone is 4. The van der Waals surface area contributed by atoms with Gasteiger partial charge in [0.2, 0.25) is 5.91 Å². The zero-order valence-electron chi connectivity index (χ0n) is 22.4. The van der Waals surface area contributed by atoms with Gasteiger partial charge >= 0.3 is 0 Å². The molecule has 5 atom stereocenters. The second kappa shape index (κ2) is 10.7. The van der Waals surface area contributed by atoms with Crippen LogP contribution in [-0.2, 0) is 14.3 Å². The first-order chi connectivity index (χ1) is 17.8. The molecule has 0 spiro atoms. The van der Waals surface area contributed by atoms with E-state index in [0.29, 0.717) is 29.7 Å². The van der Waals surface area contributed by atoms with Gasteiger partial charge in [0.1, 0.15) is 18.2 Å². The topological polar surface area (TPSA) is 92.8 Å². The van der Waals surface area contributed by atoms with E-state index in [9.17, 15) is 4.79 Å². The maximum absolute atomic E-state index is 12.1. The standard InChI is InChI=1S/C29H39N5O3/c1-18-11-22(29(30)35)24(31-15-18)17-37-26-14-21(13-25-28(26)19(2)5-6-33(25)4)23-16-32-27(12-20(23)3)34-7-9-36-10-8-34/h5-6,11,13-14,16,18-20,25,28H,7-10,12,15,17H2,1-4H3,(H2,30,35). The predicted molar refractivity (Wildman–Crippen MR) is 146 cm³/mol. The van der Waals surface area contributed by atoms with Gasteiger partial charge in [-0.2, -0.15) is 0 Å². The van der Waals surface area contributed by atoms with Crippen molar-refractivity contribution in [2.45, 2.75) is 33.2 Å². The highest BCUT2D eigenvalue weighted by atomic mass is 16.5. The second-order valence-corrected chi connectivity index (χ2v) is 10.9. The van der Waals surface area contributed by atoms with E-state index in [1.54, 1.807) is 0 Å². The van der Waals surface area contributed by atoms with Crippen LogP contribution in [0, 0.1) is 23.7 Å². The largest absolute Gasteiger partial charge is 0.491 e. The molecule has 0 bridgehead atoms. The van der Waals surface area contributed by atoms with Gasteiger partial charge in [0.25, 0.3) is 0 Å². The molecule has 37 heavy (non-hydrogen) atoms. The van der Waals surface area contributed by atoms with Gasteiger partial charge in [-0.05, 0) is 41.2 Å². The normalized spacial score (nSPS) is 31.8. The fourth-order valence-electron chi connectivity index (χ4n) is 5.87. The highest BCUT2D eigenvalue weighted by Crippen LogP contribution is 2.41. The Morgan fingerprint density at radius 1 is 1.22 bits per heavy atom. The second-order valence-electron chi connectivity index (χ2n) is 10.9. The Morgan fingerprint density at radius 2 is 2.00 bits per heavy atom. The molecule has 0 radical (unpaired) electrons. The fourth-order valence-corrected chi connectivity index (χ4v) is 5.87. The molecule has 8 nitrogen and oxygen atoms in total. The lowest BCUT2D eigenvalue weighted by Gasteiger charge is -2.42. The quantitative estimate of drug-likeness (QED) is 0.620. The van der Waals surface area contributed by atoms with Crippen molar-refractivity contribution < 1.29 is 14.3 Å². The molecule has 2 N–H and O–H groups in total. The smallest absolute Gasteiger partial charge is 0.250 e. The number of likely N-dealkylation sites (N-methyl/N-ethyl adjacent to an activating group) is 1. The van der Waals surface area contributed by atoms with Crippen LogP contribution in [0.3, 0.4) is 0 Å². The molecule has 5 unspecified atom stereocenters. The molecule has 4 heterocycles. The highest BCUT2D eigenvalue weighted by molar-refractivity contribution is 6.22. The number of ether oxygens (including phenoxy) is 2. The van der Waals surface area contributed by atoms with Crippen molar-refractivity contribution in [1.82, 2.24) is 9.80 Å². The molecule has 4 aliphatic heterocycles. The van der Waals surface area contributed by atoms with Gasteiger partial charge in [0, 0.05) is 45.2 Å². The summed E-state index contributed by atoms with van der Waals surface area (Å²) in [7, 11) is 2.12. The van der Waals surface area contributed by atoms with Gasteiger partial charge in [-0.3, -0.25) is 9.79 Å². The van der Waals surface area contributed by atoms with Crippen LogP contribution in [0.25, 0.3) is 0 Å². The van der Waals surface area contributed by atoms with Crippen molar-refractivity contribution in [3.8, 4) is 0 Å². The summed E-state index contributed by atoms with van der Waals surface area (Å²) in [5.41, 5.74) is 9.16. The molecule has 1 fully saturated rings. The summed E-state index contributed by atoms with van der Waals surface area (Å²) in [6, 6.07) is 0.173. The Bertz CT molecular complexity index is 1140. The Morgan fingerprint density at radius 3 is 2.73 bits per heavy atom. The minimum absolute atomic E-state index is 0.173. The summed E-state index contributed by atoms with van der Waals surface area (Å²) in [4.78, 5) is 26.2. The first-order valence-corrected chi connectivity index (χ1v) is 13.4. The van der Waals surface area contributed by atoms with Crippen molar-refractivity contribution >= 4 is 17.5 Å². The number of dihydropyridines is 1. The van der Waals surface area contributed by atoms with Crippen LogP contribution < -0.4 is 5.73 Å². The molecular formula is C29H39N5O3. The van der Waals surface area contributed by atoms with Crippen LogP contribution >= 0.6 is 0 Å². The monoisotopic (exact) mass is 505 g/mol. The number of carbonyl (C=O) groups is 1. The molecule has 1 aliphatic carbocycles. The van der Waals surface area contributed by atoms with Crippen molar-refractivity contribution in [3.05, 3.63) is 59.2 Å². The van der Waals surface area contributed by atoms with Gasteiger partial charge in [-0.1, -0.05) is 39.0 Å². The molecule has 5 aliphatic rings. The lowest BCUT2D eigenvalue weighted by atomic mass is 9.76. The Balaban J connectivity index is 1.42. The van der Waals surface area contributed by atoms with E-state index in [4.69, 9.17) is 20.2 Å². The van der Waals surface area contributed by atoms with Crippen molar-refractivity contribution in [3.63, 3.8) is 0 Å². The van der Waals surface area contributed by atoms with E-state index in [-0.39, 0.29) is 24.5 Å². The van der Waals surface area contributed by atoms with E-state index >= 15 is 0 Å². The highest BCUT2D eigenvalue weighted by Gasteiger charge is 2.38. The zero-order chi connectivity index (χ0) is 26.1. The average Bonchev–Trinajstić information content (AvgIpc) is 2.90. The Labute approximate surface area is 220 Å². The number of nitrogens with zero attached hydrogens (tertiary/aromatic N) is 4. The summed E-state index contributed by atoms with van der Waals surface area (Å²) in [6.45, 7) is 10.7. The summed E-state index contributed by atoms with van der Waals surface area (Å²) >= 11 is 0. The summed E-state index contributed by atoms with van der Waals surface area (Å²) < 4.78 is 12.0. The number of rotatable bonds is 5. The Hall–Kier alpha value is -3.13. The van der Waals surface area contributed by atoms with Gasteiger partial charge in [0.05, 0.1) is 30.5 Å². The molecule has 1 amide bonds. The van der Waals surface area contributed by atoms with Crippen molar-refractivity contribution in [1.29, 1.82) is 0 Å². The SMILES string of the molecule is CC1C=C(C(N)=O)C(COC2=CC(C3=CN=C(N4CCOCC4)CC3C)=CC3C2C(C)C=CN3C)=NC1. The van der Waals surface area contributed by atoms with Crippen LogP contribution in [0.4, 0.5) is 0 Å². The third-order valence-electron chi connectivity index (χ3n) is 8.06. The third kappa shape index (κ3) is 5.30. The molecule has 8 heteroatoms. The number of hydrogen-bond donors (Lipinski definition) is 1. The third-order valence-corrected chi connectivity index (χ3v) is 8.06. The predicted octanol–water partition coefficient (Wildman–Crippen LogP) is 3.06. The number of fused-ring (bicyclic) bond motifs is 1. The first kappa shape index (κ1) is 25.5. The van der Waals surface area contributed by atoms with Gasteiger partial charge in [-0.15, -0.1) is 0 Å². The lowest BCUT2D eigenvalue weighted by Crippen LogP contribution is -2.43. The number of hydrogen-bond acceptors (Lipinski definition) is 7. The molecule has 5 rings (SSSR count). The molecular weight excluding hydrogens is 466 g/mol. The van der Waals surface area contributed by atoms with Gasteiger partial charge in [0.15, 0.2) is 0 Å². The number of amidine groups is 1. The Kier molecular flexibility index (Phi) is 7.38. The van der Waals surface area contributed by atoms with E-state index in [1.807, 2.05) is 19.2 Å². The van der Waals surface area contributed by atoms with Crippen LogP contribution in [0.2, 0.25) is 0 Å². The van der Waals surface area contributed by atoms with E-state index in [0.717, 1.165) is 49.9 Å². The van der Waals surface area contributed by atoms with Crippen LogP contribution in [0.5, 0.6) is 0 Å². The number of aliphatic imine (C=N–C) groups is 2. The molecule has 0 saturated carbocycles. The molecule has 198 valence electrons. The number of carbonyl (C=O) groups excluding carboxylic acids is 1. The van der Waals surface area contributed by atoms with E-state index in [2.05, 4.69) is 60.1 Å². The van der Waals surface area contributed by atoms with E-state index < -0.39 is 5.91 Å². The molecule has 0 aromatic carbocycles. The van der Waals surface area contributed by atoms with Gasteiger partial charge < -0.3 is 25.0 Å². The number of primary amides is 1. The first-order valence-electron chi connectivity index (χ1n) is 13.4. The van der Waals surface area contributed by atoms with Crippen LogP contribution in [0.1, 0.15) is 27.2 Å². The minimum Gasteiger partial charge on any atom is -0.491 e. The zero-order valence-corrected chi connectivity index (χ0v) is 22.4. The molecule has 1 saturated heterocycles. The summed E-state index contributed by atoms with van der Waals surface area (Å²) in [6.07, 6.45) is 13.8. The van der Waals surface area contributed by atoms with Crippen LogP contribution in [0.15, 0.2) is 69.2 Å². The van der Waals surface area contributed by atoms with Crippen molar-refractivity contribution in [2.24, 2.45) is 39.4 Å². The van der Waals surface area contributed by atoms with Crippen LogP contribution in [-0.4, -0.2) is 79.8 Å². The number of morpholine rings is 1. The van der Waals surface area contributed by atoms with Gasteiger partial charge in [-0.25, -0.2) is 4.99 Å². The minimum atomic E-state index is -0.450. The lowest BCUT2D eigenvalue weighted by molar-refractivity contribution is -0.114. The average molecular weight is 506 g/mol. The molecule has 0 aromatic rings. The number of nitrogens with two attached hydrogens (primary N) is 1. The fraction of sp³-hybridized carbons (Fsp3) is 0.552. The maximum atomic E-state index is 12.1. The van der Waals surface area contributed by atoms with E-state index in [1.165, 1.54) is 5.57 Å². The van der Waals surface area contributed by atoms with Crippen molar-refractivity contribution in [2.75, 3.05) is 46.5 Å².